The van der Waals surface area contributed by atoms with Crippen molar-refractivity contribution in [1.29, 1.82) is 0 Å². The Morgan fingerprint density at radius 3 is 2.32 bits per heavy atom. The summed E-state index contributed by atoms with van der Waals surface area (Å²) in [5.74, 6) is 1.79. The van der Waals surface area contributed by atoms with Crippen molar-refractivity contribution in [1.82, 2.24) is 4.90 Å². The van der Waals surface area contributed by atoms with Crippen LogP contribution in [0.4, 0.5) is 0 Å². The monoisotopic (exact) mass is 267 g/mol. The van der Waals surface area contributed by atoms with Gasteiger partial charge in [-0.05, 0) is 38.7 Å². The second-order valence-electron chi connectivity index (χ2n) is 4.87. The van der Waals surface area contributed by atoms with Crippen LogP contribution in [0.25, 0.3) is 0 Å². The summed E-state index contributed by atoms with van der Waals surface area (Å²) in [6.45, 7) is 2.24. The van der Waals surface area contributed by atoms with Gasteiger partial charge in [0.1, 0.15) is 11.5 Å². The Kier molecular flexibility index (Phi) is 6.12. The Morgan fingerprint density at radius 2 is 1.89 bits per heavy atom. The molecular weight excluding hydrogens is 242 g/mol. The van der Waals surface area contributed by atoms with Gasteiger partial charge in [0, 0.05) is 24.1 Å². The topological polar surface area (TPSA) is 41.9 Å². The Hall–Kier alpha value is -1.26. The van der Waals surface area contributed by atoms with Gasteiger partial charge < -0.3 is 19.5 Å². The normalized spacial score (nSPS) is 14.3. The number of rotatable bonds is 7. The molecule has 4 nitrogen and oxygen atoms in total. The molecule has 0 radical (unpaired) electrons. The predicted molar refractivity (Wildman–Crippen MR) is 76.8 cm³/mol. The summed E-state index contributed by atoms with van der Waals surface area (Å²) >= 11 is 0. The zero-order valence-electron chi connectivity index (χ0n) is 12.5. The quantitative estimate of drug-likeness (QED) is 0.823. The second-order valence-corrected chi connectivity index (χ2v) is 4.87. The van der Waals surface area contributed by atoms with Gasteiger partial charge >= 0.3 is 0 Å². The highest BCUT2D eigenvalue weighted by Crippen LogP contribution is 2.37. The van der Waals surface area contributed by atoms with Gasteiger partial charge in [0.25, 0.3) is 0 Å². The molecule has 0 aromatic heterocycles. The maximum absolute atomic E-state index is 9.60. The van der Waals surface area contributed by atoms with Crippen molar-refractivity contribution in [3.05, 3.63) is 23.8 Å². The summed E-state index contributed by atoms with van der Waals surface area (Å²) in [5, 5.41) is 9.60. The molecule has 1 rings (SSSR count). The van der Waals surface area contributed by atoms with Crippen LogP contribution in [-0.2, 0) is 0 Å². The molecule has 0 heterocycles. The highest BCUT2D eigenvalue weighted by molar-refractivity contribution is 5.42. The van der Waals surface area contributed by atoms with Gasteiger partial charge in [-0.15, -0.1) is 0 Å². The maximum atomic E-state index is 9.60. The van der Waals surface area contributed by atoms with Crippen molar-refractivity contribution >= 4 is 0 Å². The van der Waals surface area contributed by atoms with Crippen LogP contribution in [0.5, 0.6) is 11.5 Å². The molecule has 2 unspecified atom stereocenters. The van der Waals surface area contributed by atoms with E-state index in [1.54, 1.807) is 14.2 Å². The van der Waals surface area contributed by atoms with E-state index >= 15 is 0 Å². The maximum Gasteiger partial charge on any atom is 0.123 e. The van der Waals surface area contributed by atoms with Crippen molar-refractivity contribution in [2.75, 3.05) is 34.9 Å². The lowest BCUT2D eigenvalue weighted by Crippen LogP contribution is -2.29. The molecule has 0 saturated carbocycles. The summed E-state index contributed by atoms with van der Waals surface area (Å²) < 4.78 is 10.7. The van der Waals surface area contributed by atoms with E-state index in [0.29, 0.717) is 0 Å². The summed E-state index contributed by atoms with van der Waals surface area (Å²) in [6.07, 6.45) is 0.902. The van der Waals surface area contributed by atoms with E-state index < -0.39 is 0 Å². The van der Waals surface area contributed by atoms with Crippen LogP contribution in [0.15, 0.2) is 18.2 Å². The molecule has 0 fully saturated rings. The van der Waals surface area contributed by atoms with Crippen LogP contribution in [0, 0.1) is 5.92 Å². The standard InChI is InChI=1S/C15H25NO3/c1-6-11(10-17)15(16(2)3)13-9-12(18-4)7-8-14(13)19-5/h7-9,11,15,17H,6,10H2,1-5H3. The largest absolute Gasteiger partial charge is 0.497 e. The third-order valence-corrected chi connectivity index (χ3v) is 3.52. The van der Waals surface area contributed by atoms with Gasteiger partial charge in [-0.25, -0.2) is 0 Å². The SMILES string of the molecule is CCC(CO)C(c1cc(OC)ccc1OC)N(C)C. The first-order valence-corrected chi connectivity index (χ1v) is 6.58. The first-order chi connectivity index (χ1) is 9.08. The third-order valence-electron chi connectivity index (χ3n) is 3.52. The highest BCUT2D eigenvalue weighted by Gasteiger charge is 2.26. The average Bonchev–Trinajstić information content (AvgIpc) is 2.43. The summed E-state index contributed by atoms with van der Waals surface area (Å²) in [6, 6.07) is 5.88. The number of aliphatic hydroxyl groups is 1. The molecule has 108 valence electrons. The molecular formula is C15H25NO3. The Labute approximate surface area is 115 Å². The molecule has 2 atom stereocenters. The van der Waals surface area contributed by atoms with Crippen LogP contribution in [0.2, 0.25) is 0 Å². The van der Waals surface area contributed by atoms with Crippen molar-refractivity contribution in [3.63, 3.8) is 0 Å². The lowest BCUT2D eigenvalue weighted by atomic mass is 9.90. The molecule has 0 bridgehead atoms. The number of hydrogen-bond acceptors (Lipinski definition) is 4. The molecule has 0 aliphatic carbocycles. The minimum Gasteiger partial charge on any atom is -0.497 e. The zero-order chi connectivity index (χ0) is 14.4. The van der Waals surface area contributed by atoms with Crippen molar-refractivity contribution < 1.29 is 14.6 Å². The van der Waals surface area contributed by atoms with Crippen LogP contribution >= 0.6 is 0 Å². The molecule has 1 N–H and O–H groups in total. The van der Waals surface area contributed by atoms with E-state index in [1.807, 2.05) is 32.3 Å². The number of benzene rings is 1. The minimum absolute atomic E-state index is 0.0973. The Balaban J connectivity index is 3.27. The Morgan fingerprint density at radius 1 is 1.21 bits per heavy atom. The van der Waals surface area contributed by atoms with E-state index in [-0.39, 0.29) is 18.6 Å². The molecule has 0 saturated heterocycles. The van der Waals surface area contributed by atoms with Gasteiger partial charge in [0.2, 0.25) is 0 Å². The van der Waals surface area contributed by atoms with Crippen molar-refractivity contribution in [2.24, 2.45) is 5.92 Å². The molecule has 19 heavy (non-hydrogen) atoms. The van der Waals surface area contributed by atoms with Crippen LogP contribution in [0.3, 0.4) is 0 Å². The molecule has 0 spiro atoms. The van der Waals surface area contributed by atoms with Gasteiger partial charge in [-0.2, -0.15) is 0 Å². The highest BCUT2D eigenvalue weighted by atomic mass is 16.5. The predicted octanol–water partition coefficient (Wildman–Crippen LogP) is 2.33. The number of hydrogen-bond donors (Lipinski definition) is 1. The van der Waals surface area contributed by atoms with Crippen molar-refractivity contribution in [2.45, 2.75) is 19.4 Å². The first kappa shape index (κ1) is 15.8. The third kappa shape index (κ3) is 3.61. The smallest absolute Gasteiger partial charge is 0.123 e. The fraction of sp³-hybridized carbons (Fsp3) is 0.600. The molecule has 1 aromatic carbocycles. The fourth-order valence-electron chi connectivity index (χ4n) is 2.48. The van der Waals surface area contributed by atoms with Crippen LogP contribution in [-0.4, -0.2) is 44.9 Å². The van der Waals surface area contributed by atoms with Crippen LogP contribution < -0.4 is 9.47 Å². The van der Waals surface area contributed by atoms with Crippen LogP contribution in [0.1, 0.15) is 24.9 Å². The van der Waals surface area contributed by atoms with Gasteiger partial charge in [0.15, 0.2) is 0 Å². The minimum atomic E-state index is 0.0973. The molecule has 0 amide bonds. The first-order valence-electron chi connectivity index (χ1n) is 6.58. The zero-order valence-corrected chi connectivity index (χ0v) is 12.5. The van der Waals surface area contributed by atoms with E-state index in [0.717, 1.165) is 23.5 Å². The summed E-state index contributed by atoms with van der Waals surface area (Å²) in [5.41, 5.74) is 1.05. The van der Waals surface area contributed by atoms with E-state index in [9.17, 15) is 5.11 Å². The molecule has 0 aliphatic rings. The number of aliphatic hydroxyl groups excluding tert-OH is 1. The second kappa shape index (κ2) is 7.36. The number of methoxy groups -OCH3 is 2. The molecule has 4 heteroatoms. The molecule has 1 aromatic rings. The van der Waals surface area contributed by atoms with Gasteiger partial charge in [-0.1, -0.05) is 6.92 Å². The van der Waals surface area contributed by atoms with E-state index in [2.05, 4.69) is 11.8 Å². The van der Waals surface area contributed by atoms with E-state index in [4.69, 9.17) is 9.47 Å². The van der Waals surface area contributed by atoms with E-state index in [1.165, 1.54) is 0 Å². The Bertz CT molecular complexity index is 389. The number of nitrogens with zero attached hydrogens (tertiary/aromatic N) is 1. The fourth-order valence-corrected chi connectivity index (χ4v) is 2.48. The van der Waals surface area contributed by atoms with Gasteiger partial charge in [0.05, 0.1) is 14.2 Å². The summed E-state index contributed by atoms with van der Waals surface area (Å²) in [4.78, 5) is 2.11. The van der Waals surface area contributed by atoms with Crippen molar-refractivity contribution in [3.8, 4) is 11.5 Å². The molecule has 0 aliphatic heterocycles. The van der Waals surface area contributed by atoms with Gasteiger partial charge in [-0.3, -0.25) is 0 Å². The average molecular weight is 267 g/mol. The lowest BCUT2D eigenvalue weighted by molar-refractivity contribution is 0.128. The summed E-state index contributed by atoms with van der Waals surface area (Å²) in [7, 11) is 7.35. The lowest BCUT2D eigenvalue weighted by Gasteiger charge is -2.32. The number of ether oxygens (including phenoxy) is 2.